The summed E-state index contributed by atoms with van der Waals surface area (Å²) in [5.41, 5.74) is 3.81. The number of nitrogens with zero attached hydrogens (tertiary/aromatic N) is 2. The highest BCUT2D eigenvalue weighted by atomic mass is 16.6. The van der Waals surface area contributed by atoms with E-state index in [4.69, 9.17) is 4.74 Å². The summed E-state index contributed by atoms with van der Waals surface area (Å²) in [4.78, 5) is 0. The van der Waals surface area contributed by atoms with E-state index in [-0.39, 0.29) is 10.8 Å². The topological polar surface area (TPSA) is 55.2 Å². The van der Waals surface area contributed by atoms with Crippen LogP contribution >= 0.6 is 0 Å². The fraction of sp³-hybridized carbons (Fsp3) is 0.556. The highest BCUT2D eigenvalue weighted by Gasteiger charge is 2.61. The number of hydrogen-bond acceptors (Lipinski definition) is 4. The fourth-order valence-corrected chi connectivity index (χ4v) is 4.52. The van der Waals surface area contributed by atoms with Crippen LogP contribution < -0.4 is 0 Å². The maximum Gasteiger partial charge on any atom is 0.276 e. The quantitative estimate of drug-likeness (QED) is 0.864. The van der Waals surface area contributed by atoms with Crippen LogP contribution in [0.25, 0.3) is 0 Å². The zero-order valence-electron chi connectivity index (χ0n) is 13.6. The molecule has 4 heteroatoms. The first-order valence-corrected chi connectivity index (χ1v) is 7.93. The normalized spacial score (nSPS) is 37.7. The Morgan fingerprint density at radius 2 is 2.05 bits per heavy atom. The molecule has 1 unspecified atom stereocenters. The molecule has 3 atom stereocenters. The van der Waals surface area contributed by atoms with E-state index in [9.17, 15) is 5.11 Å². The van der Waals surface area contributed by atoms with Gasteiger partial charge in [-0.15, -0.1) is 5.10 Å². The summed E-state index contributed by atoms with van der Waals surface area (Å²) in [6.45, 7) is 8.79. The predicted octanol–water partition coefficient (Wildman–Crippen LogP) is 3.29. The molecular weight excluding hydrogens is 276 g/mol. The molecule has 0 amide bonds. The van der Waals surface area contributed by atoms with Gasteiger partial charge in [-0.2, -0.15) is 5.10 Å². The number of aliphatic hydroxyl groups is 1. The fourth-order valence-electron chi connectivity index (χ4n) is 4.52. The molecule has 1 fully saturated rings. The van der Waals surface area contributed by atoms with Crippen LogP contribution in [-0.4, -0.2) is 15.3 Å². The molecule has 116 valence electrons. The first-order chi connectivity index (χ1) is 10.3. The van der Waals surface area contributed by atoms with Crippen molar-refractivity contribution in [1.82, 2.24) is 10.2 Å². The van der Waals surface area contributed by atoms with E-state index < -0.39 is 5.79 Å². The van der Waals surface area contributed by atoms with Crippen LogP contribution in [0.15, 0.2) is 30.1 Å². The van der Waals surface area contributed by atoms with Crippen LogP contribution in [0.5, 0.6) is 0 Å². The number of fused-ring (bicyclic) bond motifs is 5. The lowest BCUT2D eigenvalue weighted by molar-refractivity contribution is -0.149. The van der Waals surface area contributed by atoms with Crippen molar-refractivity contribution < 1.29 is 9.84 Å². The van der Waals surface area contributed by atoms with E-state index in [1.54, 1.807) is 6.08 Å². The van der Waals surface area contributed by atoms with Gasteiger partial charge in [0.25, 0.3) is 5.79 Å². The molecule has 3 aliphatic rings. The van der Waals surface area contributed by atoms with Gasteiger partial charge in [-0.25, -0.2) is 0 Å². The van der Waals surface area contributed by atoms with Gasteiger partial charge < -0.3 is 9.84 Å². The Kier molecular flexibility index (Phi) is 2.53. The van der Waals surface area contributed by atoms with Crippen molar-refractivity contribution in [2.24, 2.45) is 5.41 Å². The van der Waals surface area contributed by atoms with Crippen molar-refractivity contribution in [3.8, 4) is 0 Å². The van der Waals surface area contributed by atoms with Gasteiger partial charge in [0.05, 0.1) is 12.0 Å². The Labute approximate surface area is 130 Å². The van der Waals surface area contributed by atoms with Crippen molar-refractivity contribution in [2.75, 3.05) is 0 Å². The van der Waals surface area contributed by atoms with Crippen LogP contribution in [0.2, 0.25) is 0 Å². The van der Waals surface area contributed by atoms with Crippen LogP contribution in [-0.2, 0) is 15.9 Å². The lowest BCUT2D eigenvalue weighted by atomic mass is 9.70. The molecule has 0 radical (unpaired) electrons. The second-order valence-corrected chi connectivity index (χ2v) is 7.62. The summed E-state index contributed by atoms with van der Waals surface area (Å²) in [7, 11) is 0. The van der Waals surface area contributed by atoms with E-state index in [1.807, 2.05) is 19.1 Å². The Morgan fingerprint density at radius 3 is 2.77 bits per heavy atom. The molecule has 2 bridgehead atoms. The van der Waals surface area contributed by atoms with E-state index in [0.29, 0.717) is 11.6 Å². The van der Waals surface area contributed by atoms with Gasteiger partial charge in [0.15, 0.2) is 0 Å². The first kappa shape index (κ1) is 13.9. The number of ether oxygens (including phenoxy) is 1. The highest BCUT2D eigenvalue weighted by molar-refractivity contribution is 5.46. The molecule has 1 saturated carbocycles. The third-order valence-corrected chi connectivity index (χ3v) is 6.49. The number of rotatable bonds is 1. The van der Waals surface area contributed by atoms with Crippen molar-refractivity contribution in [3.63, 3.8) is 0 Å². The van der Waals surface area contributed by atoms with E-state index in [0.717, 1.165) is 17.7 Å². The van der Waals surface area contributed by atoms with Gasteiger partial charge in [-0.3, -0.25) is 0 Å². The first-order valence-electron chi connectivity index (χ1n) is 7.93. The molecule has 1 aliphatic heterocycles. The molecule has 1 aromatic heterocycles. The average Bonchev–Trinajstić information content (AvgIpc) is 2.82. The number of allylic oxidation sites excluding steroid dienone is 2. The molecule has 2 heterocycles. The summed E-state index contributed by atoms with van der Waals surface area (Å²) < 4.78 is 5.48. The molecule has 4 rings (SSSR count). The van der Waals surface area contributed by atoms with Gasteiger partial charge in [0.1, 0.15) is 5.69 Å². The maximum atomic E-state index is 10.9. The SMILES string of the molecule is CC1=CC=COC1(O)c1cc2c(nn1)[C@@]1(C)CC[C@@H]2C1(C)C. The molecule has 0 spiro atoms. The lowest BCUT2D eigenvalue weighted by Gasteiger charge is -2.34. The maximum absolute atomic E-state index is 10.9. The minimum atomic E-state index is -1.50. The molecule has 2 aliphatic carbocycles. The number of aromatic nitrogens is 2. The second-order valence-electron chi connectivity index (χ2n) is 7.62. The third kappa shape index (κ3) is 1.42. The highest BCUT2D eigenvalue weighted by Crippen LogP contribution is 2.67. The van der Waals surface area contributed by atoms with Gasteiger partial charge >= 0.3 is 0 Å². The minimum absolute atomic E-state index is 0.0827. The molecule has 4 nitrogen and oxygen atoms in total. The molecule has 0 aromatic carbocycles. The van der Waals surface area contributed by atoms with Crippen LogP contribution in [0, 0.1) is 5.41 Å². The largest absolute Gasteiger partial charge is 0.460 e. The van der Waals surface area contributed by atoms with E-state index >= 15 is 0 Å². The predicted molar refractivity (Wildman–Crippen MR) is 83.0 cm³/mol. The zero-order chi connectivity index (χ0) is 15.8. The smallest absolute Gasteiger partial charge is 0.276 e. The Morgan fingerprint density at radius 1 is 1.27 bits per heavy atom. The Bertz CT molecular complexity index is 722. The average molecular weight is 298 g/mol. The van der Waals surface area contributed by atoms with Crippen molar-refractivity contribution >= 4 is 0 Å². The van der Waals surface area contributed by atoms with Crippen LogP contribution in [0.1, 0.15) is 63.4 Å². The summed E-state index contributed by atoms with van der Waals surface area (Å²) >= 11 is 0. The molecule has 1 aromatic rings. The minimum Gasteiger partial charge on any atom is -0.460 e. The van der Waals surface area contributed by atoms with Gasteiger partial charge in [-0.1, -0.05) is 26.8 Å². The summed E-state index contributed by atoms with van der Waals surface area (Å²) in [6.07, 6.45) is 7.45. The Hall–Kier alpha value is -1.68. The second kappa shape index (κ2) is 3.99. The summed E-state index contributed by atoms with van der Waals surface area (Å²) in [5.74, 6) is -1.02. The number of hydrogen-bond donors (Lipinski definition) is 1. The van der Waals surface area contributed by atoms with Crippen molar-refractivity contribution in [1.29, 1.82) is 0 Å². The molecular formula is C18H22N2O2. The standard InChI is InChI=1S/C18H22N2O2/c1-11-6-5-9-22-18(11,21)14-10-12-13-7-8-17(4,16(13,2)3)15(12)20-19-14/h5-6,9-10,13,21H,7-8H2,1-4H3/t13-,17+,18?/m0/s1. The van der Waals surface area contributed by atoms with Crippen molar-refractivity contribution in [2.45, 2.75) is 57.7 Å². The zero-order valence-corrected chi connectivity index (χ0v) is 13.6. The third-order valence-electron chi connectivity index (χ3n) is 6.49. The summed E-state index contributed by atoms with van der Waals surface area (Å²) in [5, 5.41) is 19.7. The van der Waals surface area contributed by atoms with Crippen LogP contribution in [0.4, 0.5) is 0 Å². The van der Waals surface area contributed by atoms with Gasteiger partial charge in [0.2, 0.25) is 0 Å². The molecule has 22 heavy (non-hydrogen) atoms. The van der Waals surface area contributed by atoms with E-state index in [1.165, 1.54) is 18.2 Å². The Balaban J connectivity index is 1.85. The van der Waals surface area contributed by atoms with Gasteiger partial charge in [0, 0.05) is 11.0 Å². The molecule has 0 saturated heterocycles. The molecule has 1 N–H and O–H groups in total. The van der Waals surface area contributed by atoms with Crippen LogP contribution in [0.3, 0.4) is 0 Å². The van der Waals surface area contributed by atoms with Crippen molar-refractivity contribution in [3.05, 3.63) is 47.0 Å². The monoisotopic (exact) mass is 298 g/mol. The van der Waals surface area contributed by atoms with E-state index in [2.05, 4.69) is 31.0 Å². The summed E-state index contributed by atoms with van der Waals surface area (Å²) in [6, 6.07) is 2.01. The lowest BCUT2D eigenvalue weighted by Crippen LogP contribution is -2.34. The van der Waals surface area contributed by atoms with Gasteiger partial charge in [-0.05, 0) is 48.8 Å².